The Hall–Kier alpha value is -1.90. The van der Waals surface area contributed by atoms with E-state index in [1.807, 2.05) is 18.2 Å². The lowest BCUT2D eigenvalue weighted by atomic mass is 9.80. The van der Waals surface area contributed by atoms with E-state index in [1.165, 1.54) is 0 Å². The lowest BCUT2D eigenvalue weighted by Gasteiger charge is -1.99. The number of fused-ring (bicyclic) bond motifs is 2. The molecule has 2 heterocycles. The van der Waals surface area contributed by atoms with Crippen LogP contribution in [0.2, 0.25) is 0 Å². The van der Waals surface area contributed by atoms with Gasteiger partial charge in [0.15, 0.2) is 23.0 Å². The van der Waals surface area contributed by atoms with Gasteiger partial charge in [-0.2, -0.15) is 0 Å². The smallest absolute Gasteiger partial charge is 0.454 e. The average molecular weight is 367 g/mol. The summed E-state index contributed by atoms with van der Waals surface area (Å²) in [6.07, 6.45) is 0. The standard InChI is InChI=1S/C7H7BO4.C7H5BrO2/c9-8(10)5-1-2-6-7(3-5)12-4-11-6;8-5-1-2-6-7(3-5)10-4-9-6/h1-3,9-10H,4H2;1-3H,4H2. The minimum Gasteiger partial charge on any atom is -0.454 e. The fourth-order valence-electron chi connectivity index (χ4n) is 1.94. The summed E-state index contributed by atoms with van der Waals surface area (Å²) in [7, 11) is -1.46. The summed E-state index contributed by atoms with van der Waals surface area (Å²) in [4.78, 5) is 0. The van der Waals surface area contributed by atoms with Gasteiger partial charge in [0.05, 0.1) is 0 Å². The summed E-state index contributed by atoms with van der Waals surface area (Å²) < 4.78 is 21.3. The molecule has 2 aromatic carbocycles. The Morgan fingerprint density at radius 1 is 0.773 bits per heavy atom. The molecule has 114 valence electrons. The highest BCUT2D eigenvalue weighted by Gasteiger charge is 2.18. The van der Waals surface area contributed by atoms with Crippen LogP contribution in [0, 0.1) is 0 Å². The zero-order valence-electron chi connectivity index (χ0n) is 11.4. The molecule has 22 heavy (non-hydrogen) atoms. The molecule has 0 aliphatic carbocycles. The molecule has 0 unspecified atom stereocenters. The van der Waals surface area contributed by atoms with Crippen molar-refractivity contribution in [3.05, 3.63) is 40.9 Å². The fourth-order valence-corrected chi connectivity index (χ4v) is 2.28. The minimum absolute atomic E-state index is 0.195. The molecular weight excluding hydrogens is 355 g/mol. The molecule has 8 heteroatoms. The van der Waals surface area contributed by atoms with Crippen molar-refractivity contribution >= 4 is 28.5 Å². The van der Waals surface area contributed by atoms with Gasteiger partial charge in [-0.3, -0.25) is 0 Å². The number of rotatable bonds is 1. The first-order valence-corrected chi connectivity index (χ1v) is 7.23. The molecule has 0 atom stereocenters. The van der Waals surface area contributed by atoms with Gasteiger partial charge in [0.1, 0.15) is 0 Å². The molecule has 0 fully saturated rings. The molecule has 2 N–H and O–H groups in total. The highest BCUT2D eigenvalue weighted by molar-refractivity contribution is 9.10. The Labute approximate surface area is 135 Å². The summed E-state index contributed by atoms with van der Waals surface area (Å²) in [6.45, 7) is 0.534. The van der Waals surface area contributed by atoms with Crippen molar-refractivity contribution in [2.45, 2.75) is 0 Å². The second kappa shape index (κ2) is 6.47. The van der Waals surface area contributed by atoms with Gasteiger partial charge in [-0.1, -0.05) is 22.0 Å². The van der Waals surface area contributed by atoms with Crippen molar-refractivity contribution < 1.29 is 29.0 Å². The first-order valence-electron chi connectivity index (χ1n) is 6.44. The normalized spacial score (nSPS) is 13.4. The number of ether oxygens (including phenoxy) is 4. The maximum absolute atomic E-state index is 8.81. The number of hydrogen-bond donors (Lipinski definition) is 2. The molecule has 2 aromatic rings. The minimum atomic E-state index is -1.46. The second-order valence-corrected chi connectivity index (χ2v) is 5.40. The average Bonchev–Trinajstić information content (AvgIpc) is 3.14. The van der Waals surface area contributed by atoms with Crippen molar-refractivity contribution in [2.24, 2.45) is 0 Å². The van der Waals surface area contributed by atoms with E-state index in [4.69, 9.17) is 29.0 Å². The van der Waals surface area contributed by atoms with Gasteiger partial charge in [-0.15, -0.1) is 0 Å². The highest BCUT2D eigenvalue weighted by Crippen LogP contribution is 2.34. The Balaban J connectivity index is 0.000000133. The summed E-state index contributed by atoms with van der Waals surface area (Å²) >= 11 is 3.33. The van der Waals surface area contributed by atoms with Crippen molar-refractivity contribution in [3.63, 3.8) is 0 Å². The van der Waals surface area contributed by atoms with Gasteiger partial charge in [-0.25, -0.2) is 0 Å². The molecule has 0 spiro atoms. The van der Waals surface area contributed by atoms with E-state index in [9.17, 15) is 0 Å². The van der Waals surface area contributed by atoms with E-state index in [0.29, 0.717) is 23.8 Å². The van der Waals surface area contributed by atoms with Crippen LogP contribution in [-0.4, -0.2) is 30.8 Å². The van der Waals surface area contributed by atoms with Crippen LogP contribution in [0.4, 0.5) is 0 Å². The molecule has 0 bridgehead atoms. The maximum atomic E-state index is 8.81. The largest absolute Gasteiger partial charge is 0.488 e. The van der Waals surface area contributed by atoms with Gasteiger partial charge in [0.2, 0.25) is 13.6 Å². The van der Waals surface area contributed by atoms with E-state index in [2.05, 4.69) is 15.9 Å². The zero-order valence-corrected chi connectivity index (χ0v) is 12.9. The Kier molecular flexibility index (Phi) is 4.42. The number of benzene rings is 2. The molecule has 0 saturated heterocycles. The lowest BCUT2D eigenvalue weighted by Crippen LogP contribution is -2.29. The number of hydrogen-bond acceptors (Lipinski definition) is 6. The summed E-state index contributed by atoms with van der Waals surface area (Å²) in [5.74, 6) is 2.83. The fraction of sp³-hybridized carbons (Fsp3) is 0.143. The third kappa shape index (κ3) is 3.29. The van der Waals surface area contributed by atoms with Crippen molar-refractivity contribution in [3.8, 4) is 23.0 Å². The van der Waals surface area contributed by atoms with Crippen LogP contribution in [0.3, 0.4) is 0 Å². The van der Waals surface area contributed by atoms with Gasteiger partial charge >= 0.3 is 7.12 Å². The third-order valence-corrected chi connectivity index (χ3v) is 3.52. The first-order chi connectivity index (χ1) is 10.6. The molecule has 4 rings (SSSR count). The predicted octanol–water partition coefficient (Wildman–Crippen LogP) is 1.27. The van der Waals surface area contributed by atoms with Crippen LogP contribution in [0.15, 0.2) is 40.9 Å². The van der Waals surface area contributed by atoms with E-state index in [-0.39, 0.29) is 6.79 Å². The lowest BCUT2D eigenvalue weighted by molar-refractivity contribution is 0.173. The van der Waals surface area contributed by atoms with Crippen molar-refractivity contribution in [1.82, 2.24) is 0 Å². The van der Waals surface area contributed by atoms with Crippen LogP contribution in [-0.2, 0) is 0 Å². The Morgan fingerprint density at radius 3 is 1.95 bits per heavy atom. The molecule has 6 nitrogen and oxygen atoms in total. The molecule has 0 amide bonds. The number of halogens is 1. The third-order valence-electron chi connectivity index (χ3n) is 3.03. The Morgan fingerprint density at radius 2 is 1.32 bits per heavy atom. The van der Waals surface area contributed by atoms with E-state index < -0.39 is 7.12 Å². The molecular formula is C14H12BBrO6. The summed E-state index contributed by atoms with van der Waals surface area (Å²) in [6, 6.07) is 10.5. The SMILES string of the molecule is Brc1ccc2c(c1)OCO2.OB(O)c1ccc2c(c1)OCO2. The highest BCUT2D eigenvalue weighted by atomic mass is 79.9. The molecule has 2 aliphatic heterocycles. The topological polar surface area (TPSA) is 77.4 Å². The van der Waals surface area contributed by atoms with E-state index in [0.717, 1.165) is 16.0 Å². The molecule has 0 saturated carbocycles. The second-order valence-electron chi connectivity index (χ2n) is 4.48. The van der Waals surface area contributed by atoms with Gasteiger partial charge in [0, 0.05) is 4.47 Å². The predicted molar refractivity (Wildman–Crippen MR) is 82.7 cm³/mol. The van der Waals surface area contributed by atoms with Crippen LogP contribution < -0.4 is 24.4 Å². The van der Waals surface area contributed by atoms with Crippen LogP contribution in [0.5, 0.6) is 23.0 Å². The maximum Gasteiger partial charge on any atom is 0.488 e. The monoisotopic (exact) mass is 366 g/mol. The van der Waals surface area contributed by atoms with Gasteiger partial charge in [0.25, 0.3) is 0 Å². The summed E-state index contributed by atoms with van der Waals surface area (Å²) in [5, 5.41) is 17.6. The van der Waals surface area contributed by atoms with E-state index in [1.54, 1.807) is 18.2 Å². The van der Waals surface area contributed by atoms with Crippen LogP contribution in [0.1, 0.15) is 0 Å². The molecule has 0 aromatic heterocycles. The zero-order chi connectivity index (χ0) is 15.5. The van der Waals surface area contributed by atoms with Crippen LogP contribution in [0.25, 0.3) is 0 Å². The van der Waals surface area contributed by atoms with Crippen molar-refractivity contribution in [2.75, 3.05) is 13.6 Å². The Bertz CT molecular complexity index is 678. The van der Waals surface area contributed by atoms with Gasteiger partial charge < -0.3 is 29.0 Å². The molecule has 2 aliphatic rings. The van der Waals surface area contributed by atoms with E-state index >= 15 is 0 Å². The summed E-state index contributed by atoms with van der Waals surface area (Å²) in [5.41, 5.74) is 0.402. The first kappa shape index (κ1) is 15.0. The van der Waals surface area contributed by atoms with Crippen molar-refractivity contribution in [1.29, 1.82) is 0 Å². The van der Waals surface area contributed by atoms with Gasteiger partial charge in [-0.05, 0) is 35.8 Å². The quantitative estimate of drug-likeness (QED) is 0.740. The molecule has 0 radical (unpaired) electrons. The van der Waals surface area contributed by atoms with Crippen LogP contribution >= 0.6 is 15.9 Å².